The van der Waals surface area contributed by atoms with Crippen LogP contribution < -0.4 is 0 Å². The number of halogens is 1. The average molecular weight is 319 g/mol. The molecule has 0 bridgehead atoms. The normalized spacial score (nSPS) is 10.1. The summed E-state index contributed by atoms with van der Waals surface area (Å²) in [5, 5.41) is 9.98. The number of nitriles is 1. The van der Waals surface area contributed by atoms with Crippen molar-refractivity contribution < 1.29 is 0 Å². The number of aryl methyl sites for hydroxylation is 2. The lowest BCUT2D eigenvalue weighted by Gasteiger charge is -2.07. The summed E-state index contributed by atoms with van der Waals surface area (Å²) >= 11 is 4.93. The largest absolute Gasteiger partial charge is 0.245 e. The van der Waals surface area contributed by atoms with Gasteiger partial charge in [-0.15, -0.1) is 0 Å². The van der Waals surface area contributed by atoms with E-state index in [1.807, 2.05) is 44.2 Å². The molecule has 4 heteroatoms. The first-order valence-electron chi connectivity index (χ1n) is 5.42. The molecule has 90 valence electrons. The first-order chi connectivity index (χ1) is 8.60. The first-order valence-corrected chi connectivity index (χ1v) is 7.03. The van der Waals surface area contributed by atoms with Crippen LogP contribution in [0, 0.1) is 25.2 Å². The van der Waals surface area contributed by atoms with Crippen molar-refractivity contribution in [3.8, 4) is 6.07 Å². The molecule has 0 unspecified atom stereocenters. The van der Waals surface area contributed by atoms with Gasteiger partial charge in [0.25, 0.3) is 0 Å². The Bertz CT molecular complexity index is 615. The van der Waals surface area contributed by atoms with Gasteiger partial charge in [-0.1, -0.05) is 27.7 Å². The topological polar surface area (TPSA) is 36.7 Å². The van der Waals surface area contributed by atoms with E-state index in [-0.39, 0.29) is 0 Å². The van der Waals surface area contributed by atoms with Crippen LogP contribution in [0.25, 0.3) is 0 Å². The van der Waals surface area contributed by atoms with Gasteiger partial charge in [0.15, 0.2) is 0 Å². The molecule has 18 heavy (non-hydrogen) atoms. The van der Waals surface area contributed by atoms with Gasteiger partial charge >= 0.3 is 0 Å². The maximum Gasteiger partial charge on any atom is 0.119 e. The molecule has 2 aromatic rings. The maximum absolute atomic E-state index is 9.20. The Kier molecular flexibility index (Phi) is 4.05. The zero-order valence-electron chi connectivity index (χ0n) is 10.1. The van der Waals surface area contributed by atoms with Crippen LogP contribution >= 0.6 is 27.7 Å². The molecule has 0 saturated heterocycles. The van der Waals surface area contributed by atoms with Crippen molar-refractivity contribution in [1.82, 2.24) is 4.98 Å². The highest BCUT2D eigenvalue weighted by Gasteiger charge is 2.09. The second-order valence-electron chi connectivity index (χ2n) is 3.93. The van der Waals surface area contributed by atoms with Gasteiger partial charge in [0.2, 0.25) is 0 Å². The molecule has 0 N–H and O–H groups in total. The average Bonchev–Trinajstić information content (AvgIpc) is 2.32. The Labute approximate surface area is 119 Å². The number of nitrogens with zero attached hydrogens (tertiary/aromatic N) is 2. The van der Waals surface area contributed by atoms with Crippen LogP contribution in [-0.4, -0.2) is 4.98 Å². The number of aromatic nitrogens is 1. The summed E-state index contributed by atoms with van der Waals surface area (Å²) in [6.45, 7) is 3.89. The third-order valence-corrected chi connectivity index (χ3v) is 3.98. The zero-order valence-corrected chi connectivity index (χ0v) is 12.5. The molecule has 1 aromatic carbocycles. The van der Waals surface area contributed by atoms with Crippen LogP contribution in [0.15, 0.2) is 44.7 Å². The van der Waals surface area contributed by atoms with Crippen molar-refractivity contribution in [3.05, 3.63) is 51.6 Å². The van der Waals surface area contributed by atoms with E-state index in [2.05, 4.69) is 27.0 Å². The molecular weight excluding hydrogens is 308 g/mol. The SMILES string of the molecule is Cc1cc(C)c(C#N)c(Sc2ccc(Br)cc2)n1. The Morgan fingerprint density at radius 2 is 1.89 bits per heavy atom. The van der Waals surface area contributed by atoms with E-state index in [1.165, 1.54) is 11.8 Å². The summed E-state index contributed by atoms with van der Waals surface area (Å²) in [6.07, 6.45) is 0. The van der Waals surface area contributed by atoms with Crippen LogP contribution in [0.3, 0.4) is 0 Å². The van der Waals surface area contributed by atoms with Gasteiger partial charge in [-0.25, -0.2) is 4.98 Å². The molecule has 0 aliphatic carbocycles. The van der Waals surface area contributed by atoms with Crippen LogP contribution in [-0.2, 0) is 0 Å². The summed E-state index contributed by atoms with van der Waals surface area (Å²) in [7, 11) is 0. The molecule has 0 saturated carbocycles. The summed E-state index contributed by atoms with van der Waals surface area (Å²) in [4.78, 5) is 5.53. The molecule has 1 heterocycles. The number of pyridine rings is 1. The van der Waals surface area contributed by atoms with E-state index >= 15 is 0 Å². The van der Waals surface area contributed by atoms with E-state index in [4.69, 9.17) is 0 Å². The number of hydrogen-bond donors (Lipinski definition) is 0. The number of benzene rings is 1. The molecule has 2 nitrogen and oxygen atoms in total. The summed E-state index contributed by atoms with van der Waals surface area (Å²) < 4.78 is 1.04. The Morgan fingerprint density at radius 1 is 1.22 bits per heavy atom. The fourth-order valence-corrected chi connectivity index (χ4v) is 2.88. The van der Waals surface area contributed by atoms with Crippen molar-refractivity contribution in [2.45, 2.75) is 23.8 Å². The second-order valence-corrected chi connectivity index (χ2v) is 5.91. The lowest BCUT2D eigenvalue weighted by molar-refractivity contribution is 1.03. The number of hydrogen-bond acceptors (Lipinski definition) is 3. The highest BCUT2D eigenvalue weighted by molar-refractivity contribution is 9.10. The molecule has 0 amide bonds. The lowest BCUT2D eigenvalue weighted by Crippen LogP contribution is -1.93. The zero-order chi connectivity index (χ0) is 13.1. The lowest BCUT2D eigenvalue weighted by atomic mass is 10.1. The molecule has 2 rings (SSSR count). The Morgan fingerprint density at radius 3 is 2.50 bits per heavy atom. The minimum Gasteiger partial charge on any atom is -0.245 e. The van der Waals surface area contributed by atoms with E-state index in [0.717, 1.165) is 25.7 Å². The highest BCUT2D eigenvalue weighted by Crippen LogP contribution is 2.31. The molecule has 0 fully saturated rings. The molecule has 0 spiro atoms. The Hall–Kier alpha value is -1.31. The van der Waals surface area contributed by atoms with Gasteiger partial charge in [-0.05, 0) is 49.7 Å². The predicted octanol–water partition coefficient (Wildman–Crippen LogP) is 4.48. The predicted molar refractivity (Wildman–Crippen MR) is 76.7 cm³/mol. The van der Waals surface area contributed by atoms with Gasteiger partial charge in [-0.2, -0.15) is 5.26 Å². The molecule has 1 aromatic heterocycles. The second kappa shape index (κ2) is 5.55. The fraction of sp³-hybridized carbons (Fsp3) is 0.143. The monoisotopic (exact) mass is 318 g/mol. The van der Waals surface area contributed by atoms with E-state index < -0.39 is 0 Å². The van der Waals surface area contributed by atoms with Gasteiger partial charge in [0, 0.05) is 15.1 Å². The third kappa shape index (κ3) is 2.92. The highest BCUT2D eigenvalue weighted by atomic mass is 79.9. The summed E-state index contributed by atoms with van der Waals surface area (Å²) in [6, 6.07) is 12.1. The third-order valence-electron chi connectivity index (χ3n) is 2.45. The molecule has 0 aliphatic rings. The van der Waals surface area contributed by atoms with Crippen molar-refractivity contribution in [3.63, 3.8) is 0 Å². The standard InChI is InChI=1S/C14H11BrN2S/c1-9-7-10(2)17-14(13(9)8-16)18-12-5-3-11(15)4-6-12/h3-7H,1-2H3. The van der Waals surface area contributed by atoms with Crippen molar-refractivity contribution in [2.24, 2.45) is 0 Å². The van der Waals surface area contributed by atoms with Crippen LogP contribution in [0.4, 0.5) is 0 Å². The molecule has 0 aliphatic heterocycles. The minimum atomic E-state index is 0.661. The number of rotatable bonds is 2. The van der Waals surface area contributed by atoms with Gasteiger partial charge in [0.05, 0.1) is 5.56 Å². The van der Waals surface area contributed by atoms with E-state index in [9.17, 15) is 5.26 Å². The first kappa shape index (κ1) is 13.1. The molecule has 0 atom stereocenters. The molecule has 0 radical (unpaired) electrons. The summed E-state index contributed by atoms with van der Waals surface area (Å²) in [5.74, 6) is 0. The Balaban J connectivity index is 2.40. The minimum absolute atomic E-state index is 0.661. The van der Waals surface area contributed by atoms with Crippen LogP contribution in [0.5, 0.6) is 0 Å². The van der Waals surface area contributed by atoms with Gasteiger partial charge < -0.3 is 0 Å². The van der Waals surface area contributed by atoms with E-state index in [0.29, 0.717) is 5.56 Å². The van der Waals surface area contributed by atoms with Crippen molar-refractivity contribution in [2.75, 3.05) is 0 Å². The molecular formula is C14H11BrN2S. The van der Waals surface area contributed by atoms with Crippen molar-refractivity contribution in [1.29, 1.82) is 5.26 Å². The van der Waals surface area contributed by atoms with Crippen molar-refractivity contribution >= 4 is 27.7 Å². The fourth-order valence-electron chi connectivity index (χ4n) is 1.63. The quantitative estimate of drug-likeness (QED) is 0.818. The van der Waals surface area contributed by atoms with Crippen LogP contribution in [0.1, 0.15) is 16.8 Å². The van der Waals surface area contributed by atoms with Gasteiger partial charge in [0.1, 0.15) is 11.1 Å². The smallest absolute Gasteiger partial charge is 0.119 e. The van der Waals surface area contributed by atoms with Gasteiger partial charge in [-0.3, -0.25) is 0 Å². The maximum atomic E-state index is 9.20. The van der Waals surface area contributed by atoms with Crippen LogP contribution in [0.2, 0.25) is 0 Å². The summed E-state index contributed by atoms with van der Waals surface area (Å²) in [5.41, 5.74) is 2.57. The van der Waals surface area contributed by atoms with E-state index in [1.54, 1.807) is 0 Å².